The fraction of sp³-hybridized carbons (Fsp3) is 0.357. The summed E-state index contributed by atoms with van der Waals surface area (Å²) in [5, 5.41) is 0. The van der Waals surface area contributed by atoms with Crippen LogP contribution in [0.25, 0.3) is 0 Å². The standard InChI is InChI=1S/C14H17NO6/c1-8(16)10-4-5-11(12(6-10)19-3)20-7-13(17)21-9(2)14(15)18/h4-6,9H,7H2,1-3H3,(H2,15,18)/t9-/m0/s1. The molecule has 7 heteroatoms. The third-order valence-electron chi connectivity index (χ3n) is 2.62. The molecular formula is C14H17NO6. The zero-order chi connectivity index (χ0) is 16.0. The molecule has 0 spiro atoms. The number of Topliss-reactive ketones (excluding diaryl/α,β-unsaturated/α-hetero) is 1. The second kappa shape index (κ2) is 7.28. The van der Waals surface area contributed by atoms with Crippen LogP contribution in [-0.2, 0) is 14.3 Å². The zero-order valence-electron chi connectivity index (χ0n) is 12.0. The van der Waals surface area contributed by atoms with E-state index >= 15 is 0 Å². The maximum atomic E-state index is 11.5. The SMILES string of the molecule is COc1cc(C(C)=O)ccc1OCC(=O)O[C@@H](C)C(N)=O. The Morgan fingerprint density at radius 3 is 2.43 bits per heavy atom. The molecule has 0 bridgehead atoms. The van der Waals surface area contributed by atoms with E-state index in [4.69, 9.17) is 19.9 Å². The Hall–Kier alpha value is -2.57. The number of carbonyl (C=O) groups excluding carboxylic acids is 3. The van der Waals surface area contributed by atoms with Crippen LogP contribution in [0, 0.1) is 0 Å². The van der Waals surface area contributed by atoms with Crippen LogP contribution < -0.4 is 15.2 Å². The van der Waals surface area contributed by atoms with E-state index in [1.165, 1.54) is 33.1 Å². The molecule has 1 rings (SSSR count). The van der Waals surface area contributed by atoms with Gasteiger partial charge in [-0.1, -0.05) is 0 Å². The van der Waals surface area contributed by atoms with Crippen molar-refractivity contribution in [3.63, 3.8) is 0 Å². The van der Waals surface area contributed by atoms with Crippen LogP contribution in [0.2, 0.25) is 0 Å². The quantitative estimate of drug-likeness (QED) is 0.586. The van der Waals surface area contributed by atoms with Crippen LogP contribution >= 0.6 is 0 Å². The third-order valence-corrected chi connectivity index (χ3v) is 2.62. The molecule has 1 atom stereocenters. The molecule has 0 unspecified atom stereocenters. The van der Waals surface area contributed by atoms with Gasteiger partial charge < -0.3 is 19.9 Å². The third kappa shape index (κ3) is 4.79. The van der Waals surface area contributed by atoms with Gasteiger partial charge in [0.1, 0.15) is 0 Å². The van der Waals surface area contributed by atoms with Gasteiger partial charge in [0, 0.05) is 5.56 Å². The molecule has 1 aromatic carbocycles. The average molecular weight is 295 g/mol. The van der Waals surface area contributed by atoms with E-state index in [0.717, 1.165) is 0 Å². The van der Waals surface area contributed by atoms with Crippen molar-refractivity contribution in [1.29, 1.82) is 0 Å². The highest BCUT2D eigenvalue weighted by atomic mass is 16.6. The smallest absolute Gasteiger partial charge is 0.344 e. The van der Waals surface area contributed by atoms with Crippen molar-refractivity contribution in [1.82, 2.24) is 0 Å². The molecule has 0 aromatic heterocycles. The first-order valence-corrected chi connectivity index (χ1v) is 6.15. The van der Waals surface area contributed by atoms with Crippen molar-refractivity contribution in [2.24, 2.45) is 5.73 Å². The monoisotopic (exact) mass is 295 g/mol. The topological polar surface area (TPSA) is 105 Å². The number of hydrogen-bond acceptors (Lipinski definition) is 6. The molecule has 0 aliphatic heterocycles. The molecule has 1 aromatic rings. The maximum absolute atomic E-state index is 11.5. The van der Waals surface area contributed by atoms with Crippen molar-refractivity contribution < 1.29 is 28.6 Å². The first-order chi connectivity index (χ1) is 9.85. The number of benzene rings is 1. The molecular weight excluding hydrogens is 278 g/mol. The molecule has 0 aliphatic rings. The Balaban J connectivity index is 2.69. The van der Waals surface area contributed by atoms with Crippen molar-refractivity contribution in [3.05, 3.63) is 23.8 Å². The van der Waals surface area contributed by atoms with E-state index in [1.807, 2.05) is 0 Å². The fourth-order valence-corrected chi connectivity index (χ4v) is 1.43. The van der Waals surface area contributed by atoms with E-state index in [9.17, 15) is 14.4 Å². The molecule has 21 heavy (non-hydrogen) atoms. The second-order valence-electron chi connectivity index (χ2n) is 4.24. The van der Waals surface area contributed by atoms with Gasteiger partial charge in [-0.15, -0.1) is 0 Å². The summed E-state index contributed by atoms with van der Waals surface area (Å²) < 4.78 is 15.1. The van der Waals surface area contributed by atoms with Crippen molar-refractivity contribution in [3.8, 4) is 11.5 Å². The summed E-state index contributed by atoms with van der Waals surface area (Å²) in [7, 11) is 1.42. The molecule has 7 nitrogen and oxygen atoms in total. The Morgan fingerprint density at radius 2 is 1.90 bits per heavy atom. The molecule has 0 heterocycles. The van der Waals surface area contributed by atoms with Crippen LogP contribution in [-0.4, -0.2) is 37.5 Å². The predicted molar refractivity (Wildman–Crippen MR) is 73.2 cm³/mol. The molecule has 0 saturated carbocycles. The van der Waals surface area contributed by atoms with Gasteiger partial charge in [0.25, 0.3) is 5.91 Å². The summed E-state index contributed by atoms with van der Waals surface area (Å²) in [5.41, 5.74) is 5.44. The van der Waals surface area contributed by atoms with Gasteiger partial charge >= 0.3 is 5.97 Å². The summed E-state index contributed by atoms with van der Waals surface area (Å²) in [6.07, 6.45) is -1.02. The summed E-state index contributed by atoms with van der Waals surface area (Å²) in [6, 6.07) is 4.58. The Kier molecular flexibility index (Phi) is 5.71. The minimum absolute atomic E-state index is 0.116. The van der Waals surface area contributed by atoms with E-state index in [-0.39, 0.29) is 11.5 Å². The van der Waals surface area contributed by atoms with E-state index < -0.39 is 24.6 Å². The number of methoxy groups -OCH3 is 1. The van der Waals surface area contributed by atoms with Gasteiger partial charge in [-0.2, -0.15) is 0 Å². The van der Waals surface area contributed by atoms with Crippen LogP contribution in [0.3, 0.4) is 0 Å². The Labute approximate surface area is 122 Å². The molecule has 2 N–H and O–H groups in total. The highest BCUT2D eigenvalue weighted by Gasteiger charge is 2.16. The Bertz CT molecular complexity index is 554. The lowest BCUT2D eigenvalue weighted by Gasteiger charge is -2.13. The van der Waals surface area contributed by atoms with Gasteiger partial charge in [0.2, 0.25) is 0 Å². The van der Waals surface area contributed by atoms with Gasteiger partial charge in [-0.3, -0.25) is 9.59 Å². The lowest BCUT2D eigenvalue weighted by atomic mass is 10.1. The average Bonchev–Trinajstić information content (AvgIpc) is 2.44. The molecule has 0 saturated heterocycles. The Morgan fingerprint density at radius 1 is 1.24 bits per heavy atom. The van der Waals surface area contributed by atoms with E-state index in [1.54, 1.807) is 6.07 Å². The number of ether oxygens (including phenoxy) is 3. The number of nitrogens with two attached hydrogens (primary N) is 1. The summed E-state index contributed by atoms with van der Waals surface area (Å²) in [4.78, 5) is 33.5. The summed E-state index contributed by atoms with van der Waals surface area (Å²) >= 11 is 0. The molecule has 1 amide bonds. The minimum Gasteiger partial charge on any atom is -0.493 e. The molecule has 0 fully saturated rings. The van der Waals surface area contributed by atoms with E-state index in [2.05, 4.69) is 0 Å². The lowest BCUT2D eigenvalue weighted by Crippen LogP contribution is -2.32. The first kappa shape index (κ1) is 16.5. The number of ketones is 1. The minimum atomic E-state index is -1.02. The number of carbonyl (C=O) groups is 3. The van der Waals surface area contributed by atoms with Crippen molar-refractivity contribution in [2.45, 2.75) is 20.0 Å². The first-order valence-electron chi connectivity index (χ1n) is 6.15. The van der Waals surface area contributed by atoms with Crippen molar-refractivity contribution in [2.75, 3.05) is 13.7 Å². The number of hydrogen-bond donors (Lipinski definition) is 1. The van der Waals surface area contributed by atoms with Crippen LogP contribution in [0.15, 0.2) is 18.2 Å². The number of rotatable bonds is 7. The number of amides is 1. The summed E-state index contributed by atoms with van der Waals surface area (Å²) in [5.74, 6) is -0.995. The highest BCUT2D eigenvalue weighted by molar-refractivity contribution is 5.94. The molecule has 0 radical (unpaired) electrons. The molecule has 0 aliphatic carbocycles. The second-order valence-corrected chi connectivity index (χ2v) is 4.24. The number of esters is 1. The van der Waals surface area contributed by atoms with Crippen LogP contribution in [0.1, 0.15) is 24.2 Å². The molecule has 114 valence electrons. The van der Waals surface area contributed by atoms with Crippen molar-refractivity contribution >= 4 is 17.7 Å². The van der Waals surface area contributed by atoms with E-state index in [0.29, 0.717) is 11.3 Å². The van der Waals surface area contributed by atoms with Gasteiger partial charge in [0.15, 0.2) is 30.0 Å². The maximum Gasteiger partial charge on any atom is 0.344 e. The number of primary amides is 1. The van der Waals surface area contributed by atoms with Gasteiger partial charge in [-0.25, -0.2) is 4.79 Å². The van der Waals surface area contributed by atoms with Crippen LogP contribution in [0.5, 0.6) is 11.5 Å². The fourth-order valence-electron chi connectivity index (χ4n) is 1.43. The zero-order valence-corrected chi connectivity index (χ0v) is 12.0. The van der Waals surface area contributed by atoms with Gasteiger partial charge in [-0.05, 0) is 32.0 Å². The highest BCUT2D eigenvalue weighted by Crippen LogP contribution is 2.28. The normalized spacial score (nSPS) is 11.4. The van der Waals surface area contributed by atoms with Gasteiger partial charge in [0.05, 0.1) is 7.11 Å². The predicted octanol–water partition coefficient (Wildman–Crippen LogP) is 0.694. The lowest BCUT2D eigenvalue weighted by molar-refractivity contribution is -0.155. The largest absolute Gasteiger partial charge is 0.493 e. The van der Waals surface area contributed by atoms with Crippen LogP contribution in [0.4, 0.5) is 0 Å². The summed E-state index contributed by atoms with van der Waals surface area (Å²) in [6.45, 7) is 2.38.